The van der Waals surface area contributed by atoms with E-state index in [1.807, 2.05) is 12.1 Å². The second-order valence-corrected chi connectivity index (χ2v) is 14.0. The number of rotatable bonds is 8. The van der Waals surface area contributed by atoms with Crippen molar-refractivity contribution in [2.75, 3.05) is 43.9 Å². The molecule has 0 aliphatic carbocycles. The maximum absolute atomic E-state index is 15.2. The van der Waals surface area contributed by atoms with Gasteiger partial charge in [-0.1, -0.05) is 29.8 Å². The maximum Gasteiger partial charge on any atom is 0.241 e. The molecule has 3 aliphatic rings. The van der Waals surface area contributed by atoms with E-state index in [2.05, 4.69) is 10.6 Å². The summed E-state index contributed by atoms with van der Waals surface area (Å²) in [5.74, 6) is -0.496. The lowest BCUT2D eigenvalue weighted by Crippen LogP contribution is -2.45. The Morgan fingerprint density at radius 2 is 1.90 bits per heavy atom. The molecule has 0 radical (unpaired) electrons. The van der Waals surface area contributed by atoms with E-state index in [4.69, 9.17) is 22.1 Å². The molecule has 3 aliphatic heterocycles. The van der Waals surface area contributed by atoms with E-state index >= 15 is 4.39 Å². The Balaban J connectivity index is 1.33. The number of nitrogens with two attached hydrogens (primary N) is 1. The molecule has 5 rings (SSSR count). The molecule has 5 atom stereocenters. The number of hydrogen-bond acceptors (Lipinski definition) is 6. The van der Waals surface area contributed by atoms with Gasteiger partial charge in [0, 0.05) is 54.5 Å². The van der Waals surface area contributed by atoms with Crippen molar-refractivity contribution in [3.63, 3.8) is 0 Å². The molecule has 3 heterocycles. The average Bonchev–Trinajstić information content (AvgIpc) is 3.25. The first kappa shape index (κ1) is 30.4. The second-order valence-electron chi connectivity index (χ2n) is 11.6. The van der Waals surface area contributed by atoms with Crippen LogP contribution in [0, 0.1) is 17.7 Å². The Morgan fingerprint density at radius 1 is 1.15 bits per heavy atom. The minimum Gasteiger partial charge on any atom is -0.381 e. The van der Waals surface area contributed by atoms with Gasteiger partial charge in [-0.2, -0.15) is 4.31 Å². The van der Waals surface area contributed by atoms with Gasteiger partial charge in [0.15, 0.2) is 0 Å². The zero-order valence-corrected chi connectivity index (χ0v) is 24.8. The zero-order chi connectivity index (χ0) is 29.0. The summed E-state index contributed by atoms with van der Waals surface area (Å²) in [7, 11) is -3.37. The molecular weight excluding hydrogens is 567 g/mol. The van der Waals surface area contributed by atoms with Gasteiger partial charge in [0.1, 0.15) is 5.82 Å². The molecule has 2 aromatic rings. The number of halogens is 2. The van der Waals surface area contributed by atoms with Crippen LogP contribution in [-0.2, 0) is 26.0 Å². The molecule has 4 N–H and O–H groups in total. The number of amides is 1. The zero-order valence-electron chi connectivity index (χ0n) is 23.2. The van der Waals surface area contributed by atoms with Crippen molar-refractivity contribution in [2.24, 2.45) is 17.6 Å². The van der Waals surface area contributed by atoms with E-state index in [9.17, 15) is 13.2 Å². The van der Waals surface area contributed by atoms with Crippen LogP contribution in [-0.4, -0.2) is 69.3 Å². The van der Waals surface area contributed by atoms with E-state index in [0.717, 1.165) is 31.4 Å². The van der Waals surface area contributed by atoms with Crippen molar-refractivity contribution in [1.29, 1.82) is 0 Å². The van der Waals surface area contributed by atoms with Crippen molar-refractivity contribution in [3.05, 3.63) is 64.4 Å². The van der Waals surface area contributed by atoms with Crippen LogP contribution in [0.15, 0.2) is 42.5 Å². The number of nitrogens with zero attached hydrogens (tertiary/aromatic N) is 1. The van der Waals surface area contributed by atoms with Crippen molar-refractivity contribution in [3.8, 4) is 0 Å². The summed E-state index contributed by atoms with van der Waals surface area (Å²) < 4.78 is 48.4. The quantitative estimate of drug-likeness (QED) is 0.420. The number of nitrogens with one attached hydrogen (secondary N) is 2. The van der Waals surface area contributed by atoms with Crippen LogP contribution in [0.25, 0.3) is 0 Å². The largest absolute Gasteiger partial charge is 0.381 e. The summed E-state index contributed by atoms with van der Waals surface area (Å²) in [6.07, 6.45) is 3.83. The molecule has 3 unspecified atom stereocenters. The molecule has 3 saturated heterocycles. The topological polar surface area (TPSA) is 114 Å². The SMILES string of the molecule is NC(C(=O)Nc1cccc(F)c1CC[C@H]1CNC[C@H]2CCCS(=O)(=O)N1C2)C(c1ccc(Cl)cc1)C1CCOCC1. The molecule has 2 bridgehead atoms. The molecule has 8 nitrogen and oxygen atoms in total. The highest BCUT2D eigenvalue weighted by Crippen LogP contribution is 2.36. The Labute approximate surface area is 247 Å². The lowest BCUT2D eigenvalue weighted by atomic mass is 9.76. The monoisotopic (exact) mass is 606 g/mol. The van der Waals surface area contributed by atoms with Crippen LogP contribution in [0.4, 0.5) is 10.1 Å². The predicted molar refractivity (Wildman–Crippen MR) is 159 cm³/mol. The smallest absolute Gasteiger partial charge is 0.241 e. The third-order valence-electron chi connectivity index (χ3n) is 8.85. The van der Waals surface area contributed by atoms with Gasteiger partial charge in [-0.25, -0.2) is 12.8 Å². The normalized spacial score (nSPS) is 26.4. The number of ether oxygens (including phenoxy) is 1. The van der Waals surface area contributed by atoms with Crippen molar-refractivity contribution in [2.45, 2.75) is 56.5 Å². The van der Waals surface area contributed by atoms with Crippen molar-refractivity contribution >= 4 is 33.2 Å². The first-order valence-electron chi connectivity index (χ1n) is 14.6. The fourth-order valence-corrected chi connectivity index (χ4v) is 8.59. The first-order chi connectivity index (χ1) is 19.7. The highest BCUT2D eigenvalue weighted by Gasteiger charge is 2.37. The number of benzene rings is 2. The lowest BCUT2D eigenvalue weighted by molar-refractivity contribution is -0.118. The highest BCUT2D eigenvalue weighted by atomic mass is 35.5. The number of fused-ring (bicyclic) bond motifs is 2. The Hall–Kier alpha value is -2.08. The van der Waals surface area contributed by atoms with Gasteiger partial charge < -0.3 is 21.1 Å². The molecule has 0 spiro atoms. The van der Waals surface area contributed by atoms with Crippen LogP contribution in [0.2, 0.25) is 5.02 Å². The summed E-state index contributed by atoms with van der Waals surface area (Å²) in [4.78, 5) is 13.6. The Kier molecular flexibility index (Phi) is 9.99. The van der Waals surface area contributed by atoms with E-state index in [1.165, 1.54) is 6.07 Å². The molecule has 1 amide bonds. The first-order valence-corrected chi connectivity index (χ1v) is 16.6. The summed E-state index contributed by atoms with van der Waals surface area (Å²) in [6.45, 7) is 3.02. The molecule has 0 aromatic heterocycles. The van der Waals surface area contributed by atoms with Gasteiger partial charge in [0.2, 0.25) is 15.9 Å². The molecule has 0 saturated carbocycles. The number of carbonyl (C=O) groups excluding carboxylic acids is 1. The summed E-state index contributed by atoms with van der Waals surface area (Å²) >= 11 is 6.12. The number of carbonyl (C=O) groups is 1. The van der Waals surface area contributed by atoms with Crippen LogP contribution in [0.5, 0.6) is 0 Å². The van der Waals surface area contributed by atoms with Crippen LogP contribution in [0.1, 0.15) is 49.1 Å². The van der Waals surface area contributed by atoms with Gasteiger partial charge in [0.05, 0.1) is 11.8 Å². The lowest BCUT2D eigenvalue weighted by Gasteiger charge is -2.34. The van der Waals surface area contributed by atoms with Crippen LogP contribution in [0.3, 0.4) is 0 Å². The standard InChI is InChI=1S/C30H40ClFN4O4S/c31-23-8-6-21(7-9-23)28(22-12-14-40-15-13-22)29(33)30(37)35-27-5-1-4-26(32)25(27)11-10-24-18-34-17-20-3-2-16-41(38,39)36(24)19-20/h1,4-9,20,22,24,28-29,34H,2-3,10-19,33H2,(H,35,37)/t20-,24+,28?,29?/m1/s1. The molecule has 3 fully saturated rings. The predicted octanol–water partition coefficient (Wildman–Crippen LogP) is 3.90. The second kappa shape index (κ2) is 13.5. The van der Waals surface area contributed by atoms with Gasteiger partial charge in [-0.3, -0.25) is 4.79 Å². The van der Waals surface area contributed by atoms with E-state index < -0.39 is 27.8 Å². The molecule has 41 heavy (non-hydrogen) atoms. The average molecular weight is 607 g/mol. The Bertz CT molecular complexity index is 1310. The number of sulfonamides is 1. The van der Waals surface area contributed by atoms with Crippen molar-refractivity contribution in [1.82, 2.24) is 9.62 Å². The van der Waals surface area contributed by atoms with Crippen LogP contribution >= 0.6 is 11.6 Å². The van der Waals surface area contributed by atoms with E-state index in [1.54, 1.807) is 28.6 Å². The van der Waals surface area contributed by atoms with Gasteiger partial charge in [0.25, 0.3) is 0 Å². The highest BCUT2D eigenvalue weighted by molar-refractivity contribution is 7.89. The summed E-state index contributed by atoms with van der Waals surface area (Å²) in [5.41, 5.74) is 8.30. The molecule has 224 valence electrons. The van der Waals surface area contributed by atoms with Crippen LogP contribution < -0.4 is 16.4 Å². The number of anilines is 1. The summed E-state index contributed by atoms with van der Waals surface area (Å²) in [6, 6.07) is 10.9. The minimum atomic E-state index is -3.37. The molecule has 11 heteroatoms. The Morgan fingerprint density at radius 3 is 2.66 bits per heavy atom. The molecule has 2 aromatic carbocycles. The van der Waals surface area contributed by atoms with E-state index in [0.29, 0.717) is 55.4 Å². The van der Waals surface area contributed by atoms with E-state index in [-0.39, 0.29) is 36.0 Å². The maximum atomic E-state index is 15.2. The third kappa shape index (κ3) is 7.29. The van der Waals surface area contributed by atoms with Gasteiger partial charge >= 0.3 is 0 Å². The fraction of sp³-hybridized carbons (Fsp3) is 0.567. The van der Waals surface area contributed by atoms with Gasteiger partial charge in [-0.05, 0) is 86.7 Å². The molecular formula is C30H40ClFN4O4S. The fourth-order valence-electron chi connectivity index (χ4n) is 6.63. The summed E-state index contributed by atoms with van der Waals surface area (Å²) in [5, 5.41) is 6.92. The van der Waals surface area contributed by atoms with Crippen molar-refractivity contribution < 1.29 is 22.3 Å². The minimum absolute atomic E-state index is 0.153. The number of hydrogen-bond donors (Lipinski definition) is 3. The third-order valence-corrected chi connectivity index (χ3v) is 11.1. The van der Waals surface area contributed by atoms with Gasteiger partial charge in [-0.15, -0.1) is 0 Å².